The summed E-state index contributed by atoms with van der Waals surface area (Å²) in [4.78, 5) is 2.56. The van der Waals surface area contributed by atoms with E-state index < -0.39 is 0 Å². The number of piperidine rings is 1. The minimum absolute atomic E-state index is 0.293. The van der Waals surface area contributed by atoms with Crippen LogP contribution in [0.2, 0.25) is 0 Å². The predicted molar refractivity (Wildman–Crippen MR) is 107 cm³/mol. The third-order valence-electron chi connectivity index (χ3n) is 6.15. The Bertz CT molecular complexity index is 726. The van der Waals surface area contributed by atoms with Crippen molar-refractivity contribution in [2.75, 3.05) is 19.6 Å². The predicted octanol–water partition coefficient (Wildman–Crippen LogP) is 3.96. The van der Waals surface area contributed by atoms with Gasteiger partial charge in [-0.15, -0.1) is 0 Å². The maximum absolute atomic E-state index is 4.77. The van der Waals surface area contributed by atoms with Gasteiger partial charge in [0.25, 0.3) is 0 Å². The molecule has 4 heteroatoms. The summed E-state index contributed by atoms with van der Waals surface area (Å²) in [6, 6.07) is 11.6. The summed E-state index contributed by atoms with van der Waals surface area (Å²) >= 11 is 0. The zero-order valence-electron chi connectivity index (χ0n) is 16.4. The van der Waals surface area contributed by atoms with E-state index in [0.29, 0.717) is 17.5 Å². The molecule has 2 aliphatic rings. The SMILES string of the molecule is CCN1CCC(N[C@@H]2CC(C)(C)Cc3c2cnn3-c2ccccc2)CC1. The monoisotopic (exact) mass is 352 g/mol. The third-order valence-corrected chi connectivity index (χ3v) is 6.15. The van der Waals surface area contributed by atoms with Crippen molar-refractivity contribution in [1.82, 2.24) is 20.0 Å². The summed E-state index contributed by atoms with van der Waals surface area (Å²) in [7, 11) is 0. The Balaban J connectivity index is 1.57. The molecule has 1 N–H and O–H groups in total. The highest BCUT2D eigenvalue weighted by Gasteiger charge is 2.36. The summed E-state index contributed by atoms with van der Waals surface area (Å²) in [5.74, 6) is 0. The Morgan fingerprint density at radius 3 is 2.58 bits per heavy atom. The average Bonchev–Trinajstić information content (AvgIpc) is 3.05. The van der Waals surface area contributed by atoms with Gasteiger partial charge in [0.15, 0.2) is 0 Å². The Morgan fingerprint density at radius 1 is 1.15 bits per heavy atom. The van der Waals surface area contributed by atoms with E-state index in [4.69, 9.17) is 5.10 Å². The molecule has 2 aromatic rings. The first-order valence-corrected chi connectivity index (χ1v) is 10.2. The van der Waals surface area contributed by atoms with Gasteiger partial charge in [-0.1, -0.05) is 39.0 Å². The van der Waals surface area contributed by atoms with Crippen molar-refractivity contribution >= 4 is 0 Å². The van der Waals surface area contributed by atoms with Gasteiger partial charge in [-0.2, -0.15) is 5.10 Å². The van der Waals surface area contributed by atoms with Crippen molar-refractivity contribution in [2.24, 2.45) is 5.41 Å². The number of aromatic nitrogens is 2. The van der Waals surface area contributed by atoms with Gasteiger partial charge in [0.05, 0.1) is 11.9 Å². The first-order chi connectivity index (χ1) is 12.6. The molecule has 1 aliphatic heterocycles. The average molecular weight is 353 g/mol. The van der Waals surface area contributed by atoms with E-state index in [1.54, 1.807) is 0 Å². The summed E-state index contributed by atoms with van der Waals surface area (Å²) in [5, 5.41) is 8.77. The molecule has 1 saturated heterocycles. The second-order valence-corrected chi connectivity index (χ2v) is 8.77. The van der Waals surface area contributed by atoms with Gasteiger partial charge in [-0.3, -0.25) is 0 Å². The molecule has 0 saturated carbocycles. The van der Waals surface area contributed by atoms with Gasteiger partial charge in [0, 0.05) is 23.3 Å². The lowest BCUT2D eigenvalue weighted by atomic mass is 9.74. The van der Waals surface area contributed by atoms with Gasteiger partial charge in [-0.05, 0) is 62.9 Å². The Kier molecular flexibility index (Phi) is 4.89. The van der Waals surface area contributed by atoms with Crippen LogP contribution in [0.15, 0.2) is 36.5 Å². The Labute approximate surface area is 157 Å². The van der Waals surface area contributed by atoms with Gasteiger partial charge < -0.3 is 10.2 Å². The molecule has 0 radical (unpaired) electrons. The summed E-state index contributed by atoms with van der Waals surface area (Å²) < 4.78 is 2.16. The number of likely N-dealkylation sites (tertiary alicyclic amines) is 1. The number of hydrogen-bond donors (Lipinski definition) is 1. The molecule has 2 heterocycles. The van der Waals surface area contributed by atoms with Crippen molar-refractivity contribution in [3.05, 3.63) is 47.8 Å². The molecular formula is C22H32N4. The first kappa shape index (κ1) is 17.7. The maximum atomic E-state index is 4.77. The zero-order valence-corrected chi connectivity index (χ0v) is 16.4. The molecular weight excluding hydrogens is 320 g/mol. The fourth-order valence-corrected chi connectivity index (χ4v) is 4.68. The second kappa shape index (κ2) is 7.16. The van der Waals surface area contributed by atoms with Gasteiger partial charge >= 0.3 is 0 Å². The lowest BCUT2D eigenvalue weighted by Gasteiger charge is -2.39. The van der Waals surface area contributed by atoms with Crippen LogP contribution >= 0.6 is 0 Å². The van der Waals surface area contributed by atoms with Crippen molar-refractivity contribution in [3.8, 4) is 5.69 Å². The normalized spacial score (nSPS) is 23.7. The highest BCUT2D eigenvalue weighted by Crippen LogP contribution is 2.41. The van der Waals surface area contributed by atoms with Crippen molar-refractivity contribution in [1.29, 1.82) is 0 Å². The fraction of sp³-hybridized carbons (Fsp3) is 0.591. The van der Waals surface area contributed by atoms with Crippen LogP contribution in [0, 0.1) is 5.41 Å². The molecule has 0 spiro atoms. The molecule has 0 unspecified atom stereocenters. The highest BCUT2D eigenvalue weighted by atomic mass is 15.3. The fourth-order valence-electron chi connectivity index (χ4n) is 4.68. The molecule has 1 aliphatic carbocycles. The number of rotatable bonds is 4. The number of fused-ring (bicyclic) bond motifs is 1. The van der Waals surface area contributed by atoms with Crippen LogP contribution in [0.5, 0.6) is 0 Å². The van der Waals surface area contributed by atoms with Crippen LogP contribution in [0.3, 0.4) is 0 Å². The lowest BCUT2D eigenvalue weighted by molar-refractivity contribution is 0.179. The number of nitrogens with zero attached hydrogens (tertiary/aromatic N) is 3. The quantitative estimate of drug-likeness (QED) is 0.904. The molecule has 1 fully saturated rings. The summed E-state index contributed by atoms with van der Waals surface area (Å²) in [6.45, 7) is 10.7. The molecule has 140 valence electrons. The first-order valence-electron chi connectivity index (χ1n) is 10.2. The van der Waals surface area contributed by atoms with E-state index in [9.17, 15) is 0 Å². The standard InChI is InChI=1S/C22H32N4/c1-4-25-12-10-17(11-13-25)24-20-14-22(2,3)15-21-19(20)16-23-26(21)18-8-6-5-7-9-18/h5-9,16-17,20,24H,4,10-15H2,1-3H3/t20-/m1/s1. The molecule has 4 nitrogen and oxygen atoms in total. The van der Waals surface area contributed by atoms with E-state index >= 15 is 0 Å². The van der Waals surface area contributed by atoms with Crippen molar-refractivity contribution in [3.63, 3.8) is 0 Å². The van der Waals surface area contributed by atoms with Crippen LogP contribution in [-0.2, 0) is 6.42 Å². The highest BCUT2D eigenvalue weighted by molar-refractivity contribution is 5.37. The number of benzene rings is 1. The van der Waals surface area contributed by atoms with Crippen LogP contribution in [-0.4, -0.2) is 40.4 Å². The van der Waals surface area contributed by atoms with Crippen LogP contribution < -0.4 is 5.32 Å². The minimum Gasteiger partial charge on any atom is -0.307 e. The molecule has 1 aromatic heterocycles. The van der Waals surface area contributed by atoms with Crippen molar-refractivity contribution in [2.45, 2.75) is 58.5 Å². The molecule has 0 amide bonds. The number of para-hydroxylation sites is 1. The van der Waals surface area contributed by atoms with E-state index in [2.05, 4.69) is 72.2 Å². The van der Waals surface area contributed by atoms with E-state index in [1.165, 1.54) is 55.8 Å². The molecule has 1 aromatic carbocycles. The van der Waals surface area contributed by atoms with E-state index in [-0.39, 0.29) is 0 Å². The van der Waals surface area contributed by atoms with Gasteiger partial charge in [0.2, 0.25) is 0 Å². The zero-order chi connectivity index (χ0) is 18.1. The molecule has 1 atom stereocenters. The van der Waals surface area contributed by atoms with E-state index in [1.807, 2.05) is 0 Å². The Hall–Kier alpha value is -1.65. The Morgan fingerprint density at radius 2 is 1.88 bits per heavy atom. The number of nitrogens with one attached hydrogen (secondary N) is 1. The third kappa shape index (κ3) is 3.58. The van der Waals surface area contributed by atoms with Crippen LogP contribution in [0.1, 0.15) is 57.3 Å². The molecule has 0 bridgehead atoms. The minimum atomic E-state index is 0.293. The van der Waals surface area contributed by atoms with Gasteiger partial charge in [-0.25, -0.2) is 4.68 Å². The summed E-state index contributed by atoms with van der Waals surface area (Å²) in [6.07, 6.45) is 6.90. The van der Waals surface area contributed by atoms with E-state index in [0.717, 1.165) is 6.42 Å². The largest absolute Gasteiger partial charge is 0.307 e. The smallest absolute Gasteiger partial charge is 0.0648 e. The number of hydrogen-bond acceptors (Lipinski definition) is 3. The van der Waals surface area contributed by atoms with Crippen molar-refractivity contribution < 1.29 is 0 Å². The summed E-state index contributed by atoms with van der Waals surface area (Å²) in [5.41, 5.74) is 4.25. The molecule has 26 heavy (non-hydrogen) atoms. The van der Waals surface area contributed by atoms with Crippen LogP contribution in [0.4, 0.5) is 0 Å². The maximum Gasteiger partial charge on any atom is 0.0648 e. The second-order valence-electron chi connectivity index (χ2n) is 8.77. The van der Waals surface area contributed by atoms with Crippen LogP contribution in [0.25, 0.3) is 5.69 Å². The lowest BCUT2D eigenvalue weighted by Crippen LogP contribution is -2.45. The molecule has 4 rings (SSSR count). The van der Waals surface area contributed by atoms with Gasteiger partial charge in [0.1, 0.15) is 0 Å². The topological polar surface area (TPSA) is 33.1 Å².